The molecule has 0 aliphatic carbocycles. The van der Waals surface area contributed by atoms with Crippen molar-refractivity contribution in [3.8, 4) is 10.6 Å². The molecule has 3 aromatic rings. The van der Waals surface area contributed by atoms with E-state index in [0.717, 1.165) is 41.0 Å². The molecule has 2 aromatic heterocycles. The topological polar surface area (TPSA) is 46.8 Å². The fourth-order valence-corrected chi connectivity index (χ4v) is 3.49. The third-order valence-corrected chi connectivity index (χ3v) is 4.66. The first-order valence-electron chi connectivity index (χ1n) is 6.97. The van der Waals surface area contributed by atoms with E-state index in [4.69, 9.17) is 0 Å². The molecule has 0 amide bonds. The fourth-order valence-electron chi connectivity index (χ4n) is 2.61. The summed E-state index contributed by atoms with van der Waals surface area (Å²) in [6.07, 6.45) is 0. The average molecular weight is 297 g/mol. The lowest BCUT2D eigenvalue weighted by atomic mass is 10.2. The molecule has 5 nitrogen and oxygen atoms in total. The number of nitrogens with zero attached hydrogens (tertiary/aromatic N) is 5. The van der Waals surface area contributed by atoms with Gasteiger partial charge < -0.3 is 4.90 Å². The summed E-state index contributed by atoms with van der Waals surface area (Å²) in [5, 5.41) is 15.1. The van der Waals surface area contributed by atoms with Gasteiger partial charge in [0.2, 0.25) is 5.13 Å². The maximum absolute atomic E-state index is 4.49. The van der Waals surface area contributed by atoms with Crippen LogP contribution >= 0.6 is 11.3 Å². The Labute approximate surface area is 126 Å². The molecule has 1 aliphatic rings. The lowest BCUT2D eigenvalue weighted by molar-refractivity contribution is 0.516. The van der Waals surface area contributed by atoms with Crippen molar-refractivity contribution in [3.05, 3.63) is 47.8 Å². The molecular weight excluding hydrogens is 282 g/mol. The molecule has 1 aromatic carbocycles. The Balaban J connectivity index is 1.60. The van der Waals surface area contributed by atoms with Gasteiger partial charge in [-0.3, -0.25) is 4.68 Å². The smallest absolute Gasteiger partial charge is 0.209 e. The van der Waals surface area contributed by atoms with E-state index in [1.54, 1.807) is 11.3 Å². The normalized spacial score (nSPS) is 14.2. The minimum absolute atomic E-state index is 0.851. The molecule has 3 heterocycles. The van der Waals surface area contributed by atoms with Crippen molar-refractivity contribution >= 4 is 16.5 Å². The molecule has 0 fully saturated rings. The van der Waals surface area contributed by atoms with Crippen LogP contribution in [0.25, 0.3) is 10.6 Å². The second kappa shape index (κ2) is 4.96. The van der Waals surface area contributed by atoms with E-state index in [0.29, 0.717) is 0 Å². The van der Waals surface area contributed by atoms with Crippen LogP contribution in [0.15, 0.2) is 36.4 Å². The second-order valence-electron chi connectivity index (χ2n) is 5.18. The van der Waals surface area contributed by atoms with Gasteiger partial charge in [-0.1, -0.05) is 41.7 Å². The maximum atomic E-state index is 4.49. The zero-order valence-corrected chi connectivity index (χ0v) is 12.5. The van der Waals surface area contributed by atoms with Gasteiger partial charge in [-0.2, -0.15) is 5.10 Å². The zero-order valence-electron chi connectivity index (χ0n) is 11.7. The van der Waals surface area contributed by atoms with Crippen molar-refractivity contribution < 1.29 is 0 Å². The monoisotopic (exact) mass is 297 g/mol. The largest absolute Gasteiger partial charge is 0.339 e. The average Bonchev–Trinajstić information content (AvgIpc) is 3.12. The number of benzene rings is 1. The van der Waals surface area contributed by atoms with Crippen LogP contribution in [-0.4, -0.2) is 26.5 Å². The molecule has 0 saturated carbocycles. The predicted molar refractivity (Wildman–Crippen MR) is 83.4 cm³/mol. The van der Waals surface area contributed by atoms with E-state index in [2.05, 4.69) is 43.1 Å². The molecule has 0 radical (unpaired) electrons. The molecule has 1 aliphatic heterocycles. The molecule has 0 spiro atoms. The van der Waals surface area contributed by atoms with Crippen LogP contribution in [0.2, 0.25) is 0 Å². The summed E-state index contributed by atoms with van der Waals surface area (Å²) in [4.78, 5) is 2.28. The third-order valence-electron chi connectivity index (χ3n) is 3.63. The Hall–Kier alpha value is -2.21. The van der Waals surface area contributed by atoms with Gasteiger partial charge in [-0.15, -0.1) is 10.2 Å². The van der Waals surface area contributed by atoms with Crippen molar-refractivity contribution in [2.75, 3.05) is 11.4 Å². The number of hydrogen-bond acceptors (Lipinski definition) is 5. The highest BCUT2D eigenvalue weighted by molar-refractivity contribution is 7.18. The van der Waals surface area contributed by atoms with Gasteiger partial charge in [-0.25, -0.2) is 0 Å². The number of anilines is 1. The molecule has 0 unspecified atom stereocenters. The Morgan fingerprint density at radius 3 is 2.81 bits per heavy atom. The molecular formula is C15H15N5S. The molecule has 0 saturated heterocycles. The van der Waals surface area contributed by atoms with Gasteiger partial charge in [0.1, 0.15) is 5.01 Å². The van der Waals surface area contributed by atoms with E-state index >= 15 is 0 Å². The molecule has 0 atom stereocenters. The predicted octanol–water partition coefficient (Wildman–Crippen LogP) is 2.73. The molecule has 0 bridgehead atoms. The minimum Gasteiger partial charge on any atom is -0.339 e. The molecule has 0 N–H and O–H groups in total. The van der Waals surface area contributed by atoms with E-state index in [9.17, 15) is 0 Å². The van der Waals surface area contributed by atoms with Crippen molar-refractivity contribution in [1.29, 1.82) is 0 Å². The van der Waals surface area contributed by atoms with E-state index < -0.39 is 0 Å². The second-order valence-corrected chi connectivity index (χ2v) is 6.13. The third kappa shape index (κ3) is 2.31. The Kier molecular flexibility index (Phi) is 2.96. The van der Waals surface area contributed by atoms with Crippen molar-refractivity contribution in [2.45, 2.75) is 20.0 Å². The van der Waals surface area contributed by atoms with Gasteiger partial charge in [0, 0.05) is 12.1 Å². The standard InChI is InChI=1S/C15H15N5S/c1-11-9-13-10-19(7-8-20(13)18-11)15-17-16-14(21-15)12-5-3-2-4-6-12/h2-6,9H,7-8,10H2,1H3. The number of rotatable bonds is 2. The molecule has 106 valence electrons. The molecule has 21 heavy (non-hydrogen) atoms. The van der Waals surface area contributed by atoms with Crippen LogP contribution in [0, 0.1) is 6.92 Å². The van der Waals surface area contributed by atoms with Crippen LogP contribution in [0.1, 0.15) is 11.4 Å². The SMILES string of the molecule is Cc1cc2n(n1)CCN(c1nnc(-c3ccccc3)s1)C2. The summed E-state index contributed by atoms with van der Waals surface area (Å²) in [7, 11) is 0. The highest BCUT2D eigenvalue weighted by atomic mass is 32.1. The lowest BCUT2D eigenvalue weighted by Crippen LogP contribution is -2.33. The van der Waals surface area contributed by atoms with Crippen LogP contribution < -0.4 is 4.90 Å². The van der Waals surface area contributed by atoms with Crippen molar-refractivity contribution in [3.63, 3.8) is 0 Å². The Bertz CT molecular complexity index is 761. The van der Waals surface area contributed by atoms with Crippen LogP contribution in [0.5, 0.6) is 0 Å². The van der Waals surface area contributed by atoms with Gasteiger partial charge >= 0.3 is 0 Å². The van der Waals surface area contributed by atoms with E-state index in [-0.39, 0.29) is 0 Å². The number of aromatic nitrogens is 4. The molecule has 4 rings (SSSR count). The summed E-state index contributed by atoms with van der Waals surface area (Å²) in [6, 6.07) is 12.3. The van der Waals surface area contributed by atoms with Crippen LogP contribution in [0.4, 0.5) is 5.13 Å². The summed E-state index contributed by atoms with van der Waals surface area (Å²) in [5.74, 6) is 0. The number of fused-ring (bicyclic) bond motifs is 1. The zero-order chi connectivity index (χ0) is 14.2. The van der Waals surface area contributed by atoms with Crippen LogP contribution in [-0.2, 0) is 13.1 Å². The first-order valence-corrected chi connectivity index (χ1v) is 7.78. The van der Waals surface area contributed by atoms with Crippen molar-refractivity contribution in [2.24, 2.45) is 0 Å². The van der Waals surface area contributed by atoms with Gasteiger partial charge in [0.25, 0.3) is 0 Å². The van der Waals surface area contributed by atoms with Gasteiger partial charge in [-0.05, 0) is 13.0 Å². The van der Waals surface area contributed by atoms with E-state index in [1.165, 1.54) is 5.69 Å². The number of hydrogen-bond donors (Lipinski definition) is 0. The van der Waals surface area contributed by atoms with Crippen molar-refractivity contribution in [1.82, 2.24) is 20.0 Å². The molecule has 6 heteroatoms. The first-order chi connectivity index (χ1) is 10.3. The summed E-state index contributed by atoms with van der Waals surface area (Å²) in [6.45, 7) is 4.72. The summed E-state index contributed by atoms with van der Waals surface area (Å²) < 4.78 is 2.09. The lowest BCUT2D eigenvalue weighted by Gasteiger charge is -2.26. The highest BCUT2D eigenvalue weighted by Crippen LogP contribution is 2.30. The maximum Gasteiger partial charge on any atom is 0.209 e. The van der Waals surface area contributed by atoms with E-state index in [1.807, 2.05) is 25.1 Å². The summed E-state index contributed by atoms with van der Waals surface area (Å²) in [5.41, 5.74) is 3.45. The summed E-state index contributed by atoms with van der Waals surface area (Å²) >= 11 is 1.65. The van der Waals surface area contributed by atoms with Gasteiger partial charge in [0.15, 0.2) is 0 Å². The highest BCUT2D eigenvalue weighted by Gasteiger charge is 2.20. The quantitative estimate of drug-likeness (QED) is 0.729. The van der Waals surface area contributed by atoms with Crippen LogP contribution in [0.3, 0.4) is 0 Å². The Morgan fingerprint density at radius 2 is 1.95 bits per heavy atom. The van der Waals surface area contributed by atoms with Gasteiger partial charge in [0.05, 0.1) is 24.5 Å². The minimum atomic E-state index is 0.851. The first kappa shape index (κ1) is 12.5. The Morgan fingerprint density at radius 1 is 1.10 bits per heavy atom. The number of aryl methyl sites for hydroxylation is 1. The fraction of sp³-hybridized carbons (Fsp3) is 0.267.